The van der Waals surface area contributed by atoms with Crippen LogP contribution in [0.25, 0.3) is 0 Å². The molecular formula is C19H20N2O4. The van der Waals surface area contributed by atoms with Gasteiger partial charge in [-0.1, -0.05) is 30.3 Å². The zero-order valence-corrected chi connectivity index (χ0v) is 14.2. The molecule has 0 aliphatic heterocycles. The van der Waals surface area contributed by atoms with Gasteiger partial charge in [0.2, 0.25) is 11.8 Å². The van der Waals surface area contributed by atoms with E-state index in [1.807, 2.05) is 30.3 Å². The van der Waals surface area contributed by atoms with Crippen molar-refractivity contribution in [3.63, 3.8) is 0 Å². The number of rotatable bonds is 6. The van der Waals surface area contributed by atoms with Crippen LogP contribution in [0, 0.1) is 0 Å². The number of carbonyl (C=O) groups is 3. The second kappa shape index (κ2) is 8.63. The van der Waals surface area contributed by atoms with Gasteiger partial charge in [0.05, 0.1) is 12.7 Å². The first kappa shape index (κ1) is 18.2. The second-order valence-electron chi connectivity index (χ2n) is 5.41. The van der Waals surface area contributed by atoms with E-state index in [2.05, 4.69) is 10.1 Å². The normalized spacial score (nSPS) is 10.0. The van der Waals surface area contributed by atoms with Crippen molar-refractivity contribution >= 4 is 23.5 Å². The number of methoxy groups -OCH3 is 1. The molecule has 0 atom stereocenters. The smallest absolute Gasteiger partial charge is 0.337 e. The first-order chi connectivity index (χ1) is 12.0. The second-order valence-corrected chi connectivity index (χ2v) is 5.41. The first-order valence-corrected chi connectivity index (χ1v) is 7.78. The van der Waals surface area contributed by atoms with E-state index >= 15 is 0 Å². The number of amides is 2. The van der Waals surface area contributed by atoms with Crippen molar-refractivity contribution in [2.45, 2.75) is 13.5 Å². The molecule has 2 aromatic carbocycles. The van der Waals surface area contributed by atoms with E-state index in [-0.39, 0.29) is 18.4 Å². The molecule has 0 saturated carbocycles. The summed E-state index contributed by atoms with van der Waals surface area (Å²) >= 11 is 0. The van der Waals surface area contributed by atoms with Crippen LogP contribution in [0.3, 0.4) is 0 Å². The van der Waals surface area contributed by atoms with E-state index in [1.54, 1.807) is 24.3 Å². The Labute approximate surface area is 146 Å². The minimum atomic E-state index is -0.457. The van der Waals surface area contributed by atoms with Gasteiger partial charge in [0.15, 0.2) is 0 Å². The van der Waals surface area contributed by atoms with E-state index in [9.17, 15) is 14.4 Å². The molecule has 2 amide bonds. The van der Waals surface area contributed by atoms with Crippen LogP contribution in [0.2, 0.25) is 0 Å². The van der Waals surface area contributed by atoms with Crippen molar-refractivity contribution in [2.75, 3.05) is 18.6 Å². The minimum Gasteiger partial charge on any atom is -0.465 e. The average molecular weight is 340 g/mol. The standard InChI is InChI=1S/C19H20N2O4/c1-14(22)21(17-10-8-16(9-11-17)19(24)25-2)13-18(23)20-12-15-6-4-3-5-7-15/h3-11H,12-13H2,1-2H3,(H,20,23). The van der Waals surface area contributed by atoms with Crippen LogP contribution in [0.5, 0.6) is 0 Å². The van der Waals surface area contributed by atoms with Gasteiger partial charge in [-0.25, -0.2) is 4.79 Å². The third-order valence-electron chi connectivity index (χ3n) is 3.61. The van der Waals surface area contributed by atoms with E-state index in [1.165, 1.54) is 18.9 Å². The zero-order chi connectivity index (χ0) is 18.2. The van der Waals surface area contributed by atoms with Crippen molar-refractivity contribution < 1.29 is 19.1 Å². The van der Waals surface area contributed by atoms with Crippen LogP contribution < -0.4 is 10.2 Å². The van der Waals surface area contributed by atoms with E-state index in [0.29, 0.717) is 17.8 Å². The maximum atomic E-state index is 12.1. The quantitative estimate of drug-likeness (QED) is 0.818. The Morgan fingerprint density at radius 1 is 1.00 bits per heavy atom. The Balaban J connectivity index is 2.01. The van der Waals surface area contributed by atoms with Crippen LogP contribution in [0.1, 0.15) is 22.8 Å². The van der Waals surface area contributed by atoms with E-state index < -0.39 is 5.97 Å². The van der Waals surface area contributed by atoms with Crippen molar-refractivity contribution in [2.24, 2.45) is 0 Å². The summed E-state index contributed by atoms with van der Waals surface area (Å²) in [5.41, 5.74) is 1.89. The largest absolute Gasteiger partial charge is 0.465 e. The maximum absolute atomic E-state index is 12.1. The lowest BCUT2D eigenvalue weighted by Crippen LogP contribution is -2.39. The fraction of sp³-hybridized carbons (Fsp3) is 0.211. The number of nitrogens with one attached hydrogen (secondary N) is 1. The lowest BCUT2D eigenvalue weighted by atomic mass is 10.2. The van der Waals surface area contributed by atoms with E-state index in [4.69, 9.17) is 0 Å². The topological polar surface area (TPSA) is 75.7 Å². The molecule has 0 aromatic heterocycles. The highest BCUT2D eigenvalue weighted by Gasteiger charge is 2.16. The molecule has 2 rings (SSSR count). The molecule has 25 heavy (non-hydrogen) atoms. The highest BCUT2D eigenvalue weighted by molar-refractivity contribution is 5.98. The number of anilines is 1. The molecule has 0 heterocycles. The van der Waals surface area contributed by atoms with Gasteiger partial charge in [0.25, 0.3) is 0 Å². The Hall–Kier alpha value is -3.15. The van der Waals surface area contributed by atoms with Crippen LogP contribution >= 0.6 is 0 Å². The molecule has 6 heteroatoms. The van der Waals surface area contributed by atoms with Gasteiger partial charge in [0.1, 0.15) is 6.54 Å². The van der Waals surface area contributed by atoms with Crippen molar-refractivity contribution in [1.29, 1.82) is 0 Å². The summed E-state index contributed by atoms with van der Waals surface area (Å²) in [6.07, 6.45) is 0. The van der Waals surface area contributed by atoms with Gasteiger partial charge in [0, 0.05) is 19.2 Å². The summed E-state index contributed by atoms with van der Waals surface area (Å²) in [6, 6.07) is 15.8. The summed E-state index contributed by atoms with van der Waals surface area (Å²) in [5, 5.41) is 2.79. The minimum absolute atomic E-state index is 0.0975. The van der Waals surface area contributed by atoms with Gasteiger partial charge in [-0.15, -0.1) is 0 Å². The van der Waals surface area contributed by atoms with Crippen molar-refractivity contribution in [3.05, 3.63) is 65.7 Å². The van der Waals surface area contributed by atoms with Gasteiger partial charge in [-0.2, -0.15) is 0 Å². The molecule has 0 saturated heterocycles. The SMILES string of the molecule is COC(=O)c1ccc(N(CC(=O)NCc2ccccc2)C(C)=O)cc1. The molecule has 1 N–H and O–H groups in total. The lowest BCUT2D eigenvalue weighted by molar-refractivity contribution is -0.123. The van der Waals surface area contributed by atoms with Crippen LogP contribution in [0.15, 0.2) is 54.6 Å². The van der Waals surface area contributed by atoms with E-state index in [0.717, 1.165) is 5.56 Å². The number of ether oxygens (including phenoxy) is 1. The molecule has 6 nitrogen and oxygen atoms in total. The molecule has 0 bridgehead atoms. The highest BCUT2D eigenvalue weighted by Crippen LogP contribution is 2.16. The van der Waals surface area contributed by atoms with Gasteiger partial charge < -0.3 is 15.0 Å². The number of hydrogen-bond donors (Lipinski definition) is 1. The average Bonchev–Trinajstić information content (AvgIpc) is 2.64. The molecule has 0 fully saturated rings. The Morgan fingerprint density at radius 2 is 1.64 bits per heavy atom. The zero-order valence-electron chi connectivity index (χ0n) is 14.2. The summed E-state index contributed by atoms with van der Waals surface area (Å²) < 4.78 is 4.64. The molecule has 0 radical (unpaired) electrons. The molecular weight excluding hydrogens is 320 g/mol. The predicted octanol–water partition coefficient (Wildman–Crippen LogP) is 2.14. The van der Waals surface area contributed by atoms with Crippen LogP contribution in [-0.2, 0) is 20.9 Å². The molecule has 0 aliphatic carbocycles. The van der Waals surface area contributed by atoms with Crippen LogP contribution in [-0.4, -0.2) is 31.4 Å². The van der Waals surface area contributed by atoms with Gasteiger partial charge in [-0.05, 0) is 29.8 Å². The van der Waals surface area contributed by atoms with Crippen molar-refractivity contribution in [1.82, 2.24) is 5.32 Å². The number of hydrogen-bond acceptors (Lipinski definition) is 4. The fourth-order valence-corrected chi connectivity index (χ4v) is 2.28. The Kier molecular flexibility index (Phi) is 6.28. The lowest BCUT2D eigenvalue weighted by Gasteiger charge is -2.21. The Morgan fingerprint density at radius 3 is 2.20 bits per heavy atom. The highest BCUT2D eigenvalue weighted by atomic mass is 16.5. The summed E-state index contributed by atoms with van der Waals surface area (Å²) in [7, 11) is 1.30. The van der Waals surface area contributed by atoms with Gasteiger partial charge in [-0.3, -0.25) is 9.59 Å². The third kappa shape index (κ3) is 5.17. The fourth-order valence-electron chi connectivity index (χ4n) is 2.28. The molecule has 0 spiro atoms. The molecule has 0 unspecified atom stereocenters. The number of benzene rings is 2. The summed E-state index contributed by atoms with van der Waals surface area (Å²) in [6.45, 7) is 1.69. The monoisotopic (exact) mass is 340 g/mol. The maximum Gasteiger partial charge on any atom is 0.337 e. The number of esters is 1. The molecule has 130 valence electrons. The first-order valence-electron chi connectivity index (χ1n) is 7.78. The summed E-state index contributed by atoms with van der Waals surface area (Å²) in [5.74, 6) is -0.988. The molecule has 2 aromatic rings. The number of carbonyl (C=O) groups excluding carboxylic acids is 3. The summed E-state index contributed by atoms with van der Waals surface area (Å²) in [4.78, 5) is 36.8. The molecule has 0 aliphatic rings. The predicted molar refractivity (Wildman–Crippen MR) is 94.1 cm³/mol. The van der Waals surface area contributed by atoms with Crippen LogP contribution in [0.4, 0.5) is 5.69 Å². The Bertz CT molecular complexity index is 742. The third-order valence-corrected chi connectivity index (χ3v) is 3.61. The van der Waals surface area contributed by atoms with Gasteiger partial charge >= 0.3 is 5.97 Å². The van der Waals surface area contributed by atoms with Crippen molar-refractivity contribution in [3.8, 4) is 0 Å². The number of nitrogens with zero attached hydrogens (tertiary/aromatic N) is 1.